The number of hydrogen-bond acceptors (Lipinski definition) is 2. The van der Waals surface area contributed by atoms with Crippen molar-refractivity contribution in [1.82, 2.24) is 10.2 Å². The maximum Gasteiger partial charge on any atom is 0.253 e. The van der Waals surface area contributed by atoms with Crippen molar-refractivity contribution in [2.24, 2.45) is 23.2 Å². The fraction of sp³-hybridized carbons (Fsp3) is 0.714. The molecule has 174 valence electrons. The van der Waals surface area contributed by atoms with Crippen molar-refractivity contribution in [1.29, 1.82) is 0 Å². The van der Waals surface area contributed by atoms with Crippen LogP contribution in [0.15, 0.2) is 24.3 Å². The van der Waals surface area contributed by atoms with E-state index in [0.29, 0.717) is 5.41 Å². The molecule has 6 rings (SSSR count). The van der Waals surface area contributed by atoms with E-state index in [1.54, 1.807) is 0 Å². The van der Waals surface area contributed by atoms with Crippen LogP contribution in [0.1, 0.15) is 94.5 Å². The smallest absolute Gasteiger partial charge is 0.253 e. The van der Waals surface area contributed by atoms with Crippen molar-refractivity contribution in [3.8, 4) is 0 Å². The van der Waals surface area contributed by atoms with Crippen LogP contribution in [0, 0.1) is 23.2 Å². The Kier molecular flexibility index (Phi) is 5.62. The molecular formula is C28H40N2O2. The van der Waals surface area contributed by atoms with Gasteiger partial charge in [0, 0.05) is 31.1 Å². The zero-order valence-corrected chi connectivity index (χ0v) is 20.2. The molecule has 4 saturated carbocycles. The van der Waals surface area contributed by atoms with E-state index in [-0.39, 0.29) is 23.3 Å². The fourth-order valence-electron chi connectivity index (χ4n) is 7.65. The Bertz CT molecular complexity index is 823. The average Bonchev–Trinajstić information content (AvgIpc) is 2.72. The molecule has 5 aliphatic rings. The summed E-state index contributed by atoms with van der Waals surface area (Å²) >= 11 is 0. The van der Waals surface area contributed by atoms with Gasteiger partial charge in [-0.3, -0.25) is 9.59 Å². The van der Waals surface area contributed by atoms with Gasteiger partial charge in [-0.1, -0.05) is 32.9 Å². The molecule has 0 spiro atoms. The molecule has 0 radical (unpaired) electrons. The number of likely N-dealkylation sites (tertiary alicyclic amines) is 1. The summed E-state index contributed by atoms with van der Waals surface area (Å²) in [5, 5.41) is 3.34. The van der Waals surface area contributed by atoms with E-state index in [4.69, 9.17) is 0 Å². The molecule has 1 aromatic carbocycles. The first-order valence-corrected chi connectivity index (χ1v) is 12.9. The number of piperidine rings is 1. The Morgan fingerprint density at radius 1 is 0.938 bits per heavy atom. The fourth-order valence-corrected chi connectivity index (χ4v) is 7.65. The van der Waals surface area contributed by atoms with Crippen LogP contribution < -0.4 is 5.32 Å². The topological polar surface area (TPSA) is 49.4 Å². The van der Waals surface area contributed by atoms with E-state index in [0.717, 1.165) is 55.7 Å². The molecule has 0 aromatic heterocycles. The summed E-state index contributed by atoms with van der Waals surface area (Å²) in [5.74, 6) is 3.04. The third kappa shape index (κ3) is 4.47. The number of rotatable bonds is 4. The van der Waals surface area contributed by atoms with E-state index in [2.05, 4.69) is 38.2 Å². The summed E-state index contributed by atoms with van der Waals surface area (Å²) in [6.07, 6.45) is 10.6. The first kappa shape index (κ1) is 22.0. The number of carbonyl (C=O) groups excluding carboxylic acids is 2. The molecule has 0 unspecified atom stereocenters. The highest BCUT2D eigenvalue weighted by Gasteiger charge is 2.51. The monoisotopic (exact) mass is 436 g/mol. The van der Waals surface area contributed by atoms with E-state index in [1.807, 2.05) is 17.0 Å². The molecule has 1 aromatic rings. The molecule has 1 N–H and O–H groups in total. The molecule has 32 heavy (non-hydrogen) atoms. The van der Waals surface area contributed by atoms with Gasteiger partial charge in [0.1, 0.15) is 0 Å². The van der Waals surface area contributed by atoms with Gasteiger partial charge in [0.2, 0.25) is 5.91 Å². The van der Waals surface area contributed by atoms with Crippen LogP contribution in [0.3, 0.4) is 0 Å². The molecule has 1 heterocycles. The van der Waals surface area contributed by atoms with Crippen molar-refractivity contribution >= 4 is 11.8 Å². The van der Waals surface area contributed by atoms with E-state index < -0.39 is 0 Å². The van der Waals surface area contributed by atoms with Crippen LogP contribution in [0.25, 0.3) is 0 Å². The first-order chi connectivity index (χ1) is 15.2. The lowest BCUT2D eigenvalue weighted by molar-refractivity contribution is -0.130. The van der Waals surface area contributed by atoms with E-state index in [1.165, 1.54) is 44.1 Å². The number of benzene rings is 1. The number of carbonyl (C=O) groups is 2. The Morgan fingerprint density at radius 3 is 1.97 bits per heavy atom. The minimum Gasteiger partial charge on any atom is -0.353 e. The van der Waals surface area contributed by atoms with Gasteiger partial charge in [-0.2, -0.15) is 0 Å². The molecule has 5 fully saturated rings. The molecule has 2 amide bonds. The van der Waals surface area contributed by atoms with Gasteiger partial charge >= 0.3 is 0 Å². The molecule has 4 heteroatoms. The van der Waals surface area contributed by atoms with Gasteiger partial charge in [-0.15, -0.1) is 0 Å². The predicted molar refractivity (Wildman–Crippen MR) is 127 cm³/mol. The third-order valence-electron chi connectivity index (χ3n) is 8.85. The van der Waals surface area contributed by atoms with Crippen molar-refractivity contribution in [3.05, 3.63) is 35.4 Å². The summed E-state index contributed by atoms with van der Waals surface area (Å²) < 4.78 is 0. The summed E-state index contributed by atoms with van der Waals surface area (Å²) in [4.78, 5) is 27.9. The van der Waals surface area contributed by atoms with Gasteiger partial charge in [0.15, 0.2) is 0 Å². The lowest BCUT2D eigenvalue weighted by Gasteiger charge is -2.56. The molecule has 1 aliphatic heterocycles. The molecule has 4 bridgehead atoms. The van der Waals surface area contributed by atoms with Gasteiger partial charge < -0.3 is 10.2 Å². The van der Waals surface area contributed by atoms with Crippen LogP contribution >= 0.6 is 0 Å². The lowest BCUT2D eigenvalue weighted by atomic mass is 9.49. The van der Waals surface area contributed by atoms with Crippen LogP contribution in [-0.2, 0) is 10.2 Å². The standard InChI is InChI=1S/C28H40N2O2/c1-27(2,3)23-6-4-22(5-7-23)26(32)30-10-8-24(9-11-30)29-25(31)18-28-15-19-12-20(16-28)14-21(13-19)17-28/h4-7,19-21,24H,8-18H2,1-3H3,(H,29,31). The van der Waals surface area contributed by atoms with Gasteiger partial charge in [0.05, 0.1) is 0 Å². The van der Waals surface area contributed by atoms with Crippen molar-refractivity contribution in [2.45, 2.75) is 90.0 Å². The lowest BCUT2D eigenvalue weighted by Crippen LogP contribution is -2.50. The van der Waals surface area contributed by atoms with Crippen LogP contribution in [0.2, 0.25) is 0 Å². The van der Waals surface area contributed by atoms with Crippen LogP contribution in [0.5, 0.6) is 0 Å². The summed E-state index contributed by atoms with van der Waals surface area (Å²) in [6.45, 7) is 8.01. The summed E-state index contributed by atoms with van der Waals surface area (Å²) in [6, 6.07) is 8.28. The highest BCUT2D eigenvalue weighted by molar-refractivity contribution is 5.94. The van der Waals surface area contributed by atoms with Crippen LogP contribution in [-0.4, -0.2) is 35.8 Å². The second-order valence-electron chi connectivity index (χ2n) is 12.6. The quantitative estimate of drug-likeness (QED) is 0.695. The second-order valence-corrected chi connectivity index (χ2v) is 12.6. The SMILES string of the molecule is CC(C)(C)c1ccc(C(=O)N2CCC(NC(=O)CC34CC5CC(CC(C5)C3)C4)CC2)cc1. The number of nitrogens with zero attached hydrogens (tertiary/aromatic N) is 1. The average molecular weight is 437 g/mol. The Balaban J connectivity index is 1.11. The normalized spacial score (nSPS) is 32.2. The third-order valence-corrected chi connectivity index (χ3v) is 8.85. The summed E-state index contributed by atoms with van der Waals surface area (Å²) in [5.41, 5.74) is 2.40. The van der Waals surface area contributed by atoms with Gasteiger partial charge in [-0.05, 0) is 97.6 Å². The number of hydrogen-bond donors (Lipinski definition) is 1. The van der Waals surface area contributed by atoms with E-state index >= 15 is 0 Å². The minimum absolute atomic E-state index is 0.0916. The molecule has 0 atom stereocenters. The second kappa shape index (κ2) is 8.18. The highest BCUT2D eigenvalue weighted by Crippen LogP contribution is 2.61. The van der Waals surface area contributed by atoms with Crippen LogP contribution in [0.4, 0.5) is 0 Å². The molecular weight excluding hydrogens is 396 g/mol. The first-order valence-electron chi connectivity index (χ1n) is 12.9. The van der Waals surface area contributed by atoms with Crippen molar-refractivity contribution < 1.29 is 9.59 Å². The highest BCUT2D eigenvalue weighted by atomic mass is 16.2. The zero-order chi connectivity index (χ0) is 22.5. The van der Waals surface area contributed by atoms with Crippen molar-refractivity contribution in [3.63, 3.8) is 0 Å². The van der Waals surface area contributed by atoms with Crippen molar-refractivity contribution in [2.75, 3.05) is 13.1 Å². The minimum atomic E-state index is 0.0916. The molecule has 1 saturated heterocycles. The predicted octanol–water partition coefficient (Wildman–Crippen LogP) is 5.31. The number of amides is 2. The Hall–Kier alpha value is -1.84. The number of nitrogens with one attached hydrogen (secondary N) is 1. The van der Waals surface area contributed by atoms with Gasteiger partial charge in [0.25, 0.3) is 5.91 Å². The molecule has 4 nitrogen and oxygen atoms in total. The Morgan fingerprint density at radius 2 is 1.47 bits per heavy atom. The van der Waals surface area contributed by atoms with Gasteiger partial charge in [-0.25, -0.2) is 0 Å². The largest absolute Gasteiger partial charge is 0.353 e. The maximum absolute atomic E-state index is 13.0. The maximum atomic E-state index is 13.0. The Labute approximate surface area is 193 Å². The zero-order valence-electron chi connectivity index (χ0n) is 20.2. The summed E-state index contributed by atoms with van der Waals surface area (Å²) in [7, 11) is 0. The molecule has 4 aliphatic carbocycles. The van der Waals surface area contributed by atoms with E-state index in [9.17, 15) is 9.59 Å².